The molecular weight excluding hydrogens is 240 g/mol. The van der Waals surface area contributed by atoms with Gasteiger partial charge in [-0.05, 0) is 38.8 Å². The Kier molecular flexibility index (Phi) is 6.06. The molecule has 0 unspecified atom stereocenters. The molecule has 0 heterocycles. The van der Waals surface area contributed by atoms with Crippen molar-refractivity contribution in [1.29, 1.82) is 0 Å². The first kappa shape index (κ1) is 15.2. The lowest BCUT2D eigenvalue weighted by molar-refractivity contribution is 0.0965. The van der Waals surface area contributed by atoms with E-state index in [1.807, 2.05) is 45.9 Å². The first-order valence-corrected chi connectivity index (χ1v) is 6.66. The summed E-state index contributed by atoms with van der Waals surface area (Å²) in [4.78, 5) is 16.5. The van der Waals surface area contributed by atoms with E-state index in [-0.39, 0.29) is 11.9 Å². The molecule has 0 fully saturated rings. The summed E-state index contributed by atoms with van der Waals surface area (Å²) in [7, 11) is 0. The van der Waals surface area contributed by atoms with E-state index in [0.717, 1.165) is 12.0 Å². The fraction of sp³-hybridized carbons (Fsp3) is 0.467. The smallest absolute Gasteiger partial charge is 0.291 e. The summed E-state index contributed by atoms with van der Waals surface area (Å²) in [6, 6.07) is 7.86. The Morgan fingerprint density at radius 2 is 2.05 bits per heavy atom. The zero-order chi connectivity index (χ0) is 14.3. The van der Waals surface area contributed by atoms with Crippen LogP contribution in [0, 0.1) is 6.92 Å². The van der Waals surface area contributed by atoms with E-state index in [4.69, 9.17) is 4.74 Å². The van der Waals surface area contributed by atoms with Gasteiger partial charge in [-0.15, -0.1) is 0 Å². The van der Waals surface area contributed by atoms with E-state index in [0.29, 0.717) is 18.2 Å². The van der Waals surface area contributed by atoms with Crippen LogP contribution >= 0.6 is 0 Å². The van der Waals surface area contributed by atoms with Crippen LogP contribution in [0.3, 0.4) is 0 Å². The molecule has 1 aromatic rings. The molecule has 0 radical (unpaired) electrons. The Bertz CT molecular complexity index is 455. The van der Waals surface area contributed by atoms with Gasteiger partial charge in [0.25, 0.3) is 11.9 Å². The van der Waals surface area contributed by atoms with Gasteiger partial charge in [-0.25, -0.2) is 4.99 Å². The molecule has 0 bridgehead atoms. The highest BCUT2D eigenvalue weighted by molar-refractivity contribution is 6.04. The molecule has 0 saturated heterocycles. The van der Waals surface area contributed by atoms with E-state index >= 15 is 0 Å². The molecule has 0 spiro atoms. The predicted octanol–water partition coefficient (Wildman–Crippen LogP) is 2.92. The second-order valence-electron chi connectivity index (χ2n) is 4.39. The molecule has 1 aromatic carbocycles. The number of nitrogens with zero attached hydrogens (tertiary/aromatic N) is 1. The number of amides is 1. The van der Waals surface area contributed by atoms with Crippen molar-refractivity contribution in [3.63, 3.8) is 0 Å². The zero-order valence-electron chi connectivity index (χ0n) is 12.1. The fourth-order valence-corrected chi connectivity index (χ4v) is 1.53. The van der Waals surface area contributed by atoms with Crippen molar-refractivity contribution in [3.05, 3.63) is 35.4 Å². The van der Waals surface area contributed by atoms with E-state index in [9.17, 15) is 4.79 Å². The molecule has 4 heteroatoms. The maximum Gasteiger partial charge on any atom is 0.291 e. The largest absolute Gasteiger partial charge is 0.465 e. The van der Waals surface area contributed by atoms with Gasteiger partial charge < -0.3 is 4.74 Å². The van der Waals surface area contributed by atoms with Crippen molar-refractivity contribution in [2.24, 2.45) is 4.99 Å². The SMILES string of the molecule is CCOC(=N[C@@H](C)CC)NC(=O)c1ccccc1C. The summed E-state index contributed by atoms with van der Waals surface area (Å²) in [6.07, 6.45) is 0.900. The highest BCUT2D eigenvalue weighted by atomic mass is 16.5. The van der Waals surface area contributed by atoms with Crippen LogP contribution in [0.25, 0.3) is 0 Å². The number of benzene rings is 1. The number of hydrogen-bond donors (Lipinski definition) is 1. The summed E-state index contributed by atoms with van der Waals surface area (Å²) in [5, 5.41) is 2.73. The summed E-state index contributed by atoms with van der Waals surface area (Å²) in [6.45, 7) is 8.27. The lowest BCUT2D eigenvalue weighted by Crippen LogP contribution is -2.33. The first-order chi connectivity index (χ1) is 9.08. The molecule has 0 aliphatic carbocycles. The van der Waals surface area contributed by atoms with Crippen LogP contribution < -0.4 is 5.32 Å². The van der Waals surface area contributed by atoms with E-state index < -0.39 is 0 Å². The second-order valence-corrected chi connectivity index (χ2v) is 4.39. The Balaban J connectivity index is 2.83. The van der Waals surface area contributed by atoms with Crippen molar-refractivity contribution in [3.8, 4) is 0 Å². The molecule has 0 aromatic heterocycles. The maximum absolute atomic E-state index is 12.1. The minimum atomic E-state index is -0.186. The monoisotopic (exact) mass is 262 g/mol. The lowest BCUT2D eigenvalue weighted by Gasteiger charge is -2.12. The van der Waals surface area contributed by atoms with Crippen molar-refractivity contribution >= 4 is 11.9 Å². The minimum Gasteiger partial charge on any atom is -0.465 e. The second kappa shape index (κ2) is 7.56. The van der Waals surface area contributed by atoms with Gasteiger partial charge in [0.1, 0.15) is 0 Å². The third kappa shape index (κ3) is 4.73. The van der Waals surface area contributed by atoms with Crippen LogP contribution in [0.1, 0.15) is 43.1 Å². The fourth-order valence-electron chi connectivity index (χ4n) is 1.53. The minimum absolute atomic E-state index is 0.124. The summed E-state index contributed by atoms with van der Waals surface area (Å²) < 4.78 is 5.36. The molecule has 0 saturated carbocycles. The quantitative estimate of drug-likeness (QED) is 0.670. The predicted molar refractivity (Wildman–Crippen MR) is 77.5 cm³/mol. The van der Waals surface area contributed by atoms with Gasteiger partial charge in [0.2, 0.25) is 0 Å². The number of ether oxygens (including phenoxy) is 1. The van der Waals surface area contributed by atoms with Gasteiger partial charge in [0.05, 0.1) is 12.6 Å². The number of rotatable bonds is 4. The first-order valence-electron chi connectivity index (χ1n) is 6.66. The average Bonchev–Trinajstić information content (AvgIpc) is 2.39. The van der Waals surface area contributed by atoms with Gasteiger partial charge >= 0.3 is 0 Å². The van der Waals surface area contributed by atoms with Gasteiger partial charge in [0.15, 0.2) is 0 Å². The molecule has 4 nitrogen and oxygen atoms in total. The Hall–Kier alpha value is -1.84. The number of amidine groups is 1. The number of aryl methyl sites for hydroxylation is 1. The van der Waals surface area contributed by atoms with E-state index in [1.165, 1.54) is 0 Å². The van der Waals surface area contributed by atoms with Gasteiger partial charge in [-0.1, -0.05) is 25.1 Å². The van der Waals surface area contributed by atoms with Crippen LogP contribution in [0.15, 0.2) is 29.3 Å². The third-order valence-electron chi connectivity index (χ3n) is 2.82. The number of nitrogens with one attached hydrogen (secondary N) is 1. The molecule has 0 aliphatic heterocycles. The van der Waals surface area contributed by atoms with Crippen LogP contribution in [0.2, 0.25) is 0 Å². The standard InChI is InChI=1S/C15H22N2O2/c1-5-12(4)16-15(19-6-2)17-14(18)13-10-8-7-9-11(13)3/h7-10,12H,5-6H2,1-4H3,(H,16,17,18)/t12-/m0/s1. The van der Waals surface area contributed by atoms with Crippen LogP contribution in [-0.4, -0.2) is 24.6 Å². The van der Waals surface area contributed by atoms with Gasteiger partial charge in [-0.2, -0.15) is 0 Å². The van der Waals surface area contributed by atoms with Crippen molar-refractivity contribution < 1.29 is 9.53 Å². The van der Waals surface area contributed by atoms with Crippen LogP contribution in [-0.2, 0) is 4.74 Å². The van der Waals surface area contributed by atoms with Crippen LogP contribution in [0.4, 0.5) is 0 Å². The Morgan fingerprint density at radius 1 is 1.37 bits per heavy atom. The third-order valence-corrected chi connectivity index (χ3v) is 2.82. The van der Waals surface area contributed by atoms with Gasteiger partial charge in [-0.3, -0.25) is 10.1 Å². The molecular formula is C15H22N2O2. The topological polar surface area (TPSA) is 50.7 Å². The summed E-state index contributed by atoms with van der Waals surface area (Å²) in [5.41, 5.74) is 1.57. The van der Waals surface area contributed by atoms with Crippen LogP contribution in [0.5, 0.6) is 0 Å². The lowest BCUT2D eigenvalue weighted by atomic mass is 10.1. The number of aliphatic imine (C=N–C) groups is 1. The Labute approximate surface area is 114 Å². The van der Waals surface area contributed by atoms with Gasteiger partial charge in [0, 0.05) is 5.56 Å². The highest BCUT2D eigenvalue weighted by Gasteiger charge is 2.12. The summed E-state index contributed by atoms with van der Waals surface area (Å²) >= 11 is 0. The van der Waals surface area contributed by atoms with E-state index in [1.54, 1.807) is 6.07 Å². The molecule has 1 atom stereocenters. The number of carbonyl (C=O) groups is 1. The normalized spacial score (nSPS) is 12.9. The highest BCUT2D eigenvalue weighted by Crippen LogP contribution is 2.06. The molecule has 19 heavy (non-hydrogen) atoms. The molecule has 1 rings (SSSR count). The van der Waals surface area contributed by atoms with E-state index in [2.05, 4.69) is 10.3 Å². The Morgan fingerprint density at radius 3 is 2.63 bits per heavy atom. The zero-order valence-corrected chi connectivity index (χ0v) is 12.1. The van der Waals surface area contributed by atoms with Crippen molar-refractivity contribution in [2.45, 2.75) is 40.2 Å². The molecule has 104 valence electrons. The molecule has 1 amide bonds. The number of hydrogen-bond acceptors (Lipinski definition) is 3. The molecule has 0 aliphatic rings. The van der Waals surface area contributed by atoms with Crippen molar-refractivity contribution in [2.75, 3.05) is 6.61 Å². The summed E-state index contributed by atoms with van der Waals surface area (Å²) in [5.74, 6) is -0.186. The average molecular weight is 262 g/mol. The number of carbonyl (C=O) groups excluding carboxylic acids is 1. The van der Waals surface area contributed by atoms with Crippen molar-refractivity contribution in [1.82, 2.24) is 5.32 Å². The maximum atomic E-state index is 12.1. The molecule has 1 N–H and O–H groups in total.